The molecule has 0 amide bonds. The van der Waals surface area contributed by atoms with Crippen molar-refractivity contribution in [1.82, 2.24) is 9.80 Å². The Balaban J connectivity index is 0. The molecule has 0 aromatic carbocycles. The van der Waals surface area contributed by atoms with Gasteiger partial charge in [-0.1, -0.05) is 0 Å². The predicted molar refractivity (Wildman–Crippen MR) is 75.0 cm³/mol. The van der Waals surface area contributed by atoms with Gasteiger partial charge in [-0.15, -0.1) is 0 Å². The molecule has 19 heavy (non-hydrogen) atoms. The van der Waals surface area contributed by atoms with Gasteiger partial charge in [0.15, 0.2) is 0 Å². The molecule has 0 atom stereocenters. The molecule has 0 aliphatic rings. The van der Waals surface area contributed by atoms with Gasteiger partial charge in [-0.05, 0) is 34.6 Å². The Hall–Kier alpha value is -1.14. The van der Waals surface area contributed by atoms with Gasteiger partial charge in [0, 0.05) is 26.9 Å². The maximum absolute atomic E-state index is 10.3. The average molecular weight is 276 g/mol. The summed E-state index contributed by atoms with van der Waals surface area (Å²) < 4.78 is 9.40. The predicted octanol–water partition coefficient (Wildman–Crippen LogP) is 0.612. The Labute approximate surface area is 116 Å². The summed E-state index contributed by atoms with van der Waals surface area (Å²) in [6.07, 6.45) is 0.909. The van der Waals surface area contributed by atoms with Crippen molar-refractivity contribution in [3.05, 3.63) is 0 Å². The number of carbonyl (C=O) groups is 2. The van der Waals surface area contributed by atoms with Crippen molar-refractivity contribution >= 4 is 11.9 Å². The van der Waals surface area contributed by atoms with E-state index in [2.05, 4.69) is 9.64 Å². The number of carbonyl (C=O) groups excluding carboxylic acids is 2. The van der Waals surface area contributed by atoms with Crippen LogP contribution in [-0.2, 0) is 19.1 Å². The van der Waals surface area contributed by atoms with E-state index < -0.39 is 0 Å². The molecule has 0 unspecified atom stereocenters. The molecule has 0 aliphatic carbocycles. The topological polar surface area (TPSA) is 59.1 Å². The minimum atomic E-state index is -0.211. The number of rotatable bonds is 7. The van der Waals surface area contributed by atoms with E-state index in [1.54, 1.807) is 0 Å². The van der Waals surface area contributed by atoms with Gasteiger partial charge in [-0.2, -0.15) is 0 Å². The lowest BCUT2D eigenvalue weighted by Crippen LogP contribution is -2.19. The summed E-state index contributed by atoms with van der Waals surface area (Å²) in [4.78, 5) is 24.5. The molecule has 0 saturated heterocycles. The summed E-state index contributed by atoms with van der Waals surface area (Å²) in [5, 5.41) is 0. The van der Waals surface area contributed by atoms with Crippen LogP contribution in [0.4, 0.5) is 0 Å². The van der Waals surface area contributed by atoms with E-state index in [0.717, 1.165) is 19.5 Å². The highest BCUT2D eigenvalue weighted by Crippen LogP contribution is 1.85. The second kappa shape index (κ2) is 13.3. The van der Waals surface area contributed by atoms with Crippen LogP contribution in [0, 0.1) is 0 Å². The number of esters is 2. The number of nitrogens with zero attached hydrogens (tertiary/aromatic N) is 2. The van der Waals surface area contributed by atoms with Crippen LogP contribution in [0.25, 0.3) is 0 Å². The van der Waals surface area contributed by atoms with Crippen molar-refractivity contribution in [2.24, 2.45) is 0 Å². The Morgan fingerprint density at radius 3 is 1.58 bits per heavy atom. The first kappa shape index (κ1) is 20.2. The number of likely N-dealkylation sites (N-methyl/N-ethyl adjacent to an activating group) is 1. The van der Waals surface area contributed by atoms with E-state index in [9.17, 15) is 9.59 Å². The quantitative estimate of drug-likeness (QED) is 0.502. The van der Waals surface area contributed by atoms with Crippen LogP contribution < -0.4 is 0 Å². The molecule has 0 bridgehead atoms. The van der Waals surface area contributed by atoms with E-state index in [4.69, 9.17) is 4.74 Å². The van der Waals surface area contributed by atoms with Crippen LogP contribution in [0.2, 0.25) is 0 Å². The fraction of sp³-hybridized carbons (Fsp3) is 0.846. The molecule has 0 aliphatic heterocycles. The van der Waals surface area contributed by atoms with Crippen LogP contribution in [0.3, 0.4) is 0 Å². The second-order valence-electron chi connectivity index (χ2n) is 4.64. The van der Waals surface area contributed by atoms with Crippen LogP contribution in [0.1, 0.15) is 20.3 Å². The van der Waals surface area contributed by atoms with Crippen molar-refractivity contribution in [3.8, 4) is 0 Å². The first-order valence-corrected chi connectivity index (χ1v) is 6.32. The average Bonchev–Trinajstić information content (AvgIpc) is 2.23. The zero-order chi connectivity index (χ0) is 15.3. The molecule has 0 fully saturated rings. The molecule has 0 aromatic rings. The molecule has 0 rings (SSSR count). The third kappa shape index (κ3) is 26.5. The van der Waals surface area contributed by atoms with E-state index in [-0.39, 0.29) is 11.9 Å². The summed E-state index contributed by atoms with van der Waals surface area (Å²) >= 11 is 0. The molecule has 0 heterocycles. The fourth-order valence-electron chi connectivity index (χ4n) is 0.969. The molecule has 0 aromatic heterocycles. The molecule has 0 radical (unpaired) electrons. The molecule has 6 nitrogen and oxygen atoms in total. The Morgan fingerprint density at radius 1 is 0.789 bits per heavy atom. The fourth-order valence-corrected chi connectivity index (χ4v) is 0.969. The van der Waals surface area contributed by atoms with E-state index in [1.165, 1.54) is 13.8 Å². The third-order valence-corrected chi connectivity index (χ3v) is 1.90. The molecular weight excluding hydrogens is 248 g/mol. The summed E-state index contributed by atoms with van der Waals surface area (Å²) in [6, 6.07) is 0. The highest BCUT2D eigenvalue weighted by molar-refractivity contribution is 5.66. The van der Waals surface area contributed by atoms with Gasteiger partial charge in [0.1, 0.15) is 6.61 Å². The van der Waals surface area contributed by atoms with Gasteiger partial charge in [0.2, 0.25) is 0 Å². The Bertz CT molecular complexity index is 243. The number of hydrogen-bond acceptors (Lipinski definition) is 6. The zero-order valence-corrected chi connectivity index (χ0v) is 13.1. The smallest absolute Gasteiger partial charge is 0.302 e. The zero-order valence-electron chi connectivity index (χ0n) is 13.1. The van der Waals surface area contributed by atoms with Crippen molar-refractivity contribution in [2.75, 3.05) is 54.5 Å². The molecule has 114 valence electrons. The lowest BCUT2D eigenvalue weighted by molar-refractivity contribution is -0.142. The van der Waals surface area contributed by atoms with Crippen LogP contribution in [-0.4, -0.2) is 76.2 Å². The first-order chi connectivity index (χ1) is 8.75. The highest BCUT2D eigenvalue weighted by Gasteiger charge is 1.93. The monoisotopic (exact) mass is 276 g/mol. The first-order valence-electron chi connectivity index (χ1n) is 6.32. The minimum Gasteiger partial charge on any atom is -0.466 e. The van der Waals surface area contributed by atoms with E-state index in [1.807, 2.05) is 33.1 Å². The summed E-state index contributed by atoms with van der Waals surface area (Å²) in [5.41, 5.74) is 0. The summed E-state index contributed by atoms with van der Waals surface area (Å²) in [5.74, 6) is -0.407. The standard InChI is InChI=1S/C7H15NO2.C6H13NO2/c1-7(9)10-6-4-5-8(2)3;1-6(8)9-5-4-7(2)3/h4-6H2,1-3H3;4-5H2,1-3H3. The normalized spacial score (nSPS) is 9.89. The summed E-state index contributed by atoms with van der Waals surface area (Å²) in [6.45, 7) is 5.62. The third-order valence-electron chi connectivity index (χ3n) is 1.90. The molecular formula is C13H28N2O4. The van der Waals surface area contributed by atoms with Crippen molar-refractivity contribution in [3.63, 3.8) is 0 Å². The largest absolute Gasteiger partial charge is 0.466 e. The Kier molecular flexibility index (Phi) is 14.1. The lowest BCUT2D eigenvalue weighted by Gasteiger charge is -2.08. The minimum absolute atomic E-state index is 0.196. The second-order valence-corrected chi connectivity index (χ2v) is 4.64. The van der Waals surface area contributed by atoms with Gasteiger partial charge in [0.25, 0.3) is 0 Å². The van der Waals surface area contributed by atoms with Crippen LogP contribution in [0.5, 0.6) is 0 Å². The van der Waals surface area contributed by atoms with Gasteiger partial charge in [-0.3, -0.25) is 9.59 Å². The molecule has 0 spiro atoms. The summed E-state index contributed by atoms with van der Waals surface area (Å²) in [7, 11) is 7.86. The van der Waals surface area contributed by atoms with Gasteiger partial charge < -0.3 is 19.3 Å². The molecule has 0 N–H and O–H groups in total. The molecule has 0 saturated carbocycles. The van der Waals surface area contributed by atoms with Crippen LogP contribution in [0.15, 0.2) is 0 Å². The highest BCUT2D eigenvalue weighted by atomic mass is 16.5. The van der Waals surface area contributed by atoms with Gasteiger partial charge in [0.05, 0.1) is 6.61 Å². The number of hydrogen-bond donors (Lipinski definition) is 0. The Morgan fingerprint density at radius 2 is 1.21 bits per heavy atom. The number of ether oxygens (including phenoxy) is 2. The van der Waals surface area contributed by atoms with Crippen molar-refractivity contribution < 1.29 is 19.1 Å². The maximum atomic E-state index is 10.3. The SMILES string of the molecule is CC(=O)OCCCN(C)C.CC(=O)OCCN(C)C. The maximum Gasteiger partial charge on any atom is 0.302 e. The molecule has 6 heteroatoms. The van der Waals surface area contributed by atoms with E-state index in [0.29, 0.717) is 13.2 Å². The van der Waals surface area contributed by atoms with Crippen LogP contribution >= 0.6 is 0 Å². The van der Waals surface area contributed by atoms with E-state index >= 15 is 0 Å². The van der Waals surface area contributed by atoms with Crippen molar-refractivity contribution in [2.45, 2.75) is 20.3 Å². The van der Waals surface area contributed by atoms with Gasteiger partial charge >= 0.3 is 11.9 Å². The van der Waals surface area contributed by atoms with Crippen molar-refractivity contribution in [1.29, 1.82) is 0 Å². The lowest BCUT2D eigenvalue weighted by atomic mass is 10.4. The van der Waals surface area contributed by atoms with Gasteiger partial charge in [-0.25, -0.2) is 0 Å².